The summed E-state index contributed by atoms with van der Waals surface area (Å²) in [5, 5.41) is 23.1. The minimum absolute atomic E-state index is 0.452. The number of benzene rings is 4. The second-order valence-corrected chi connectivity index (χ2v) is 14.0. The summed E-state index contributed by atoms with van der Waals surface area (Å²) in [5.41, 5.74) is 8.31. The lowest BCUT2D eigenvalue weighted by molar-refractivity contribution is 1.07. The number of aromatic nitrogens is 10. The third kappa shape index (κ3) is 7.02. The smallest absolute Gasteiger partial charge is 0.164 e. The predicted octanol–water partition coefficient (Wildman–Crippen LogP) is 9.87. The third-order valence-corrected chi connectivity index (χ3v) is 10.3. The van der Waals surface area contributed by atoms with Crippen LogP contribution >= 0.6 is 0 Å². The molecule has 4 aromatic carbocycles. The highest BCUT2D eigenvalue weighted by molar-refractivity contribution is 6.06. The Morgan fingerprint density at radius 2 is 0.500 bits per heavy atom. The number of pyridine rings is 4. The number of rotatable bonds is 8. The molecule has 6 aromatic heterocycles. The zero-order chi connectivity index (χ0) is 41.8. The first-order valence-corrected chi connectivity index (χ1v) is 19.4. The van der Waals surface area contributed by atoms with Gasteiger partial charge in [-0.25, -0.2) is 29.9 Å². The number of hydrogen-bond acceptors (Lipinski definition) is 12. The van der Waals surface area contributed by atoms with E-state index in [1.807, 2.05) is 121 Å². The van der Waals surface area contributed by atoms with Crippen LogP contribution in [0, 0.1) is 22.7 Å². The second kappa shape index (κ2) is 16.2. The van der Waals surface area contributed by atoms with Crippen LogP contribution in [0.15, 0.2) is 171 Å². The van der Waals surface area contributed by atoms with Gasteiger partial charge in [-0.2, -0.15) is 10.5 Å². The van der Waals surface area contributed by atoms with Gasteiger partial charge >= 0.3 is 0 Å². The molecule has 0 saturated heterocycles. The van der Waals surface area contributed by atoms with Gasteiger partial charge in [0, 0.05) is 105 Å². The van der Waals surface area contributed by atoms with E-state index in [0.29, 0.717) is 68.0 Å². The van der Waals surface area contributed by atoms with Gasteiger partial charge in [-0.1, -0.05) is 72.8 Å². The van der Waals surface area contributed by atoms with Crippen LogP contribution in [0.1, 0.15) is 11.1 Å². The van der Waals surface area contributed by atoms with Crippen LogP contribution in [0.5, 0.6) is 0 Å². The lowest BCUT2D eigenvalue weighted by Gasteiger charge is -2.18. The van der Waals surface area contributed by atoms with Crippen molar-refractivity contribution < 1.29 is 0 Å². The van der Waals surface area contributed by atoms with Gasteiger partial charge in [-0.3, -0.25) is 19.9 Å². The summed E-state index contributed by atoms with van der Waals surface area (Å²) in [5.74, 6) is 2.93. The van der Waals surface area contributed by atoms with Crippen molar-refractivity contribution in [2.45, 2.75) is 0 Å². The number of fused-ring (bicyclic) bond motifs is 1. The lowest BCUT2D eigenvalue weighted by Crippen LogP contribution is -2.01. The van der Waals surface area contributed by atoms with Gasteiger partial charge in [0.25, 0.3) is 0 Å². The molecule has 0 saturated carbocycles. The molecule has 10 aromatic rings. The fourth-order valence-corrected chi connectivity index (χ4v) is 7.35. The fraction of sp³-hybridized carbons (Fsp3) is 0. The van der Waals surface area contributed by atoms with E-state index in [0.717, 1.165) is 44.5 Å². The molecule has 62 heavy (non-hydrogen) atoms. The SMILES string of the molecule is N#Cc1c(-c2ccc(-c3nc(-c4ccncc4)nc(-c4ccncc4)n3)cc2)c(-c2ccc(-c3nc(-c4ccncc4)nc(-c4ccncc4)n3)cc2)c(C#N)c2ccccc12. The zero-order valence-electron chi connectivity index (χ0n) is 32.5. The van der Waals surface area contributed by atoms with E-state index in [1.54, 1.807) is 49.6 Å². The minimum Gasteiger partial charge on any atom is -0.265 e. The van der Waals surface area contributed by atoms with E-state index in [4.69, 9.17) is 29.9 Å². The van der Waals surface area contributed by atoms with Gasteiger partial charge in [0.15, 0.2) is 34.9 Å². The van der Waals surface area contributed by atoms with Crippen LogP contribution in [0.2, 0.25) is 0 Å². The van der Waals surface area contributed by atoms with E-state index in [2.05, 4.69) is 32.1 Å². The maximum atomic E-state index is 10.9. The normalized spacial score (nSPS) is 10.9. The highest BCUT2D eigenvalue weighted by atomic mass is 15.0. The summed E-state index contributed by atoms with van der Waals surface area (Å²) < 4.78 is 0. The average molecular weight is 797 g/mol. The Hall–Kier alpha value is -9.26. The predicted molar refractivity (Wildman–Crippen MR) is 235 cm³/mol. The molecule has 10 rings (SSSR count). The highest BCUT2D eigenvalue weighted by Crippen LogP contribution is 2.43. The first-order valence-electron chi connectivity index (χ1n) is 19.4. The summed E-state index contributed by atoms with van der Waals surface area (Å²) >= 11 is 0. The van der Waals surface area contributed by atoms with Crippen molar-refractivity contribution in [2.24, 2.45) is 0 Å². The molecule has 0 fully saturated rings. The monoisotopic (exact) mass is 796 g/mol. The van der Waals surface area contributed by atoms with Crippen molar-refractivity contribution in [3.05, 3.63) is 182 Å². The molecule has 0 aliphatic rings. The molecule has 0 unspecified atom stereocenters. The first kappa shape index (κ1) is 37.0. The van der Waals surface area contributed by atoms with E-state index < -0.39 is 0 Å². The van der Waals surface area contributed by atoms with E-state index in [1.165, 1.54) is 0 Å². The van der Waals surface area contributed by atoms with Crippen molar-refractivity contribution in [1.29, 1.82) is 10.5 Å². The van der Waals surface area contributed by atoms with E-state index in [9.17, 15) is 10.5 Å². The van der Waals surface area contributed by atoms with E-state index in [-0.39, 0.29) is 0 Å². The van der Waals surface area contributed by atoms with Crippen LogP contribution in [0.25, 0.3) is 101 Å². The topological polar surface area (TPSA) is 176 Å². The van der Waals surface area contributed by atoms with Crippen molar-refractivity contribution in [3.8, 4) is 103 Å². The second-order valence-electron chi connectivity index (χ2n) is 14.0. The van der Waals surface area contributed by atoms with Crippen LogP contribution in [-0.2, 0) is 0 Å². The largest absolute Gasteiger partial charge is 0.265 e. The van der Waals surface area contributed by atoms with Gasteiger partial charge in [-0.15, -0.1) is 0 Å². The van der Waals surface area contributed by atoms with Crippen LogP contribution < -0.4 is 0 Å². The average Bonchev–Trinajstić information content (AvgIpc) is 3.36. The van der Waals surface area contributed by atoms with Crippen molar-refractivity contribution >= 4 is 10.8 Å². The van der Waals surface area contributed by atoms with Crippen LogP contribution in [0.4, 0.5) is 0 Å². The Morgan fingerprint density at radius 3 is 0.742 bits per heavy atom. The molecule has 0 aliphatic carbocycles. The van der Waals surface area contributed by atoms with Crippen LogP contribution in [-0.4, -0.2) is 49.8 Å². The molecule has 0 spiro atoms. The number of hydrogen-bond donors (Lipinski definition) is 0. The molecule has 288 valence electrons. The lowest BCUT2D eigenvalue weighted by atomic mass is 9.83. The van der Waals surface area contributed by atoms with Crippen molar-refractivity contribution in [3.63, 3.8) is 0 Å². The molecule has 0 N–H and O–H groups in total. The molecule has 0 amide bonds. The summed E-state index contributed by atoms with van der Waals surface area (Å²) in [6.45, 7) is 0. The Balaban J connectivity index is 1.10. The Kier molecular flexibility index (Phi) is 9.66. The van der Waals surface area contributed by atoms with Crippen molar-refractivity contribution in [1.82, 2.24) is 49.8 Å². The quantitative estimate of drug-likeness (QED) is 0.142. The van der Waals surface area contributed by atoms with Crippen LogP contribution in [0.3, 0.4) is 0 Å². The molecular weight excluding hydrogens is 769 g/mol. The minimum atomic E-state index is 0.452. The summed E-state index contributed by atoms with van der Waals surface area (Å²) in [4.78, 5) is 45.7. The third-order valence-electron chi connectivity index (χ3n) is 10.3. The Morgan fingerprint density at radius 1 is 0.274 bits per heavy atom. The molecule has 6 heterocycles. The van der Waals surface area contributed by atoms with Gasteiger partial charge < -0.3 is 0 Å². The number of nitrogens with zero attached hydrogens (tertiary/aromatic N) is 12. The zero-order valence-corrected chi connectivity index (χ0v) is 32.5. The van der Waals surface area contributed by atoms with Gasteiger partial charge in [-0.05, 0) is 59.7 Å². The maximum Gasteiger partial charge on any atom is 0.164 e. The summed E-state index contributed by atoms with van der Waals surface area (Å²) in [6, 6.07) is 42.8. The molecule has 12 nitrogen and oxygen atoms in total. The molecule has 0 atom stereocenters. The molecule has 0 radical (unpaired) electrons. The Labute approximate surface area is 354 Å². The number of nitriles is 2. The molecule has 0 bridgehead atoms. The standard InChI is InChI=1S/C50H28N12/c51-29-41-39-3-1-2-4-40(39)42(30-52)44(32-7-11-34(12-8-32)46-59-49(37-17-25-55-26-18-37)62-50(60-46)38-19-27-56-28-20-38)43(41)31-5-9-33(10-6-31)45-57-47(35-13-21-53-22-14-35)61-48(58-45)36-15-23-54-24-16-36/h1-28H. The fourth-order valence-electron chi connectivity index (χ4n) is 7.35. The van der Waals surface area contributed by atoms with E-state index >= 15 is 0 Å². The summed E-state index contributed by atoms with van der Waals surface area (Å²) in [6.07, 6.45) is 13.6. The molecule has 0 aliphatic heterocycles. The van der Waals surface area contributed by atoms with Gasteiger partial charge in [0.2, 0.25) is 0 Å². The summed E-state index contributed by atoms with van der Waals surface area (Å²) in [7, 11) is 0. The van der Waals surface area contributed by atoms with Gasteiger partial charge in [0.1, 0.15) is 12.1 Å². The molecular formula is C50H28N12. The highest BCUT2D eigenvalue weighted by Gasteiger charge is 2.23. The first-order chi connectivity index (χ1) is 30.6. The van der Waals surface area contributed by atoms with Gasteiger partial charge in [0.05, 0.1) is 11.1 Å². The maximum absolute atomic E-state index is 10.9. The molecule has 12 heteroatoms. The Bertz CT molecular complexity index is 2990. The van der Waals surface area contributed by atoms with Crippen molar-refractivity contribution in [2.75, 3.05) is 0 Å².